The van der Waals surface area contributed by atoms with E-state index in [-0.39, 0.29) is 30.8 Å². The van der Waals surface area contributed by atoms with E-state index in [4.69, 9.17) is 4.74 Å². The number of ether oxygens (including phenoxy) is 1. The van der Waals surface area contributed by atoms with Gasteiger partial charge in [0.05, 0.1) is 13.1 Å². The van der Waals surface area contributed by atoms with E-state index in [2.05, 4.69) is 4.57 Å². The second kappa shape index (κ2) is 14.0. The Labute approximate surface area is 229 Å². The summed E-state index contributed by atoms with van der Waals surface area (Å²) >= 11 is 0. The van der Waals surface area contributed by atoms with Gasteiger partial charge in [-0.25, -0.2) is 4.39 Å². The minimum Gasteiger partial charge on any atom is -0.484 e. The highest BCUT2D eigenvalue weighted by atomic mass is 19.1. The van der Waals surface area contributed by atoms with Crippen LogP contribution >= 0.6 is 0 Å². The molecular weight excluding hydrogens is 493 g/mol. The molecule has 0 unspecified atom stereocenters. The molecule has 0 aliphatic heterocycles. The molecule has 4 rings (SSSR count). The molecule has 0 N–H and O–H groups in total. The molecule has 1 aromatic heterocycles. The SMILES string of the molecule is CCCN(CC(=O)N(Cc1ccccc1)Cc1cccn1Cc1ccc(F)cc1)C(=O)COc1ccccc1. The third kappa shape index (κ3) is 8.30. The van der Waals surface area contributed by atoms with Crippen molar-refractivity contribution >= 4 is 11.8 Å². The molecule has 1 heterocycles. The fourth-order valence-corrected chi connectivity index (χ4v) is 4.34. The van der Waals surface area contributed by atoms with E-state index >= 15 is 0 Å². The molecule has 7 heteroatoms. The lowest BCUT2D eigenvalue weighted by Gasteiger charge is -2.28. The van der Waals surface area contributed by atoms with Gasteiger partial charge in [0, 0.05) is 31.5 Å². The van der Waals surface area contributed by atoms with Crippen LogP contribution in [0.1, 0.15) is 30.2 Å². The standard InChI is InChI=1S/C32H34FN3O3/c1-2-19-35(32(38)25-39-30-13-7-4-8-14-30)24-31(37)36(22-26-10-5-3-6-11-26)23-29-12-9-20-34(29)21-27-15-17-28(33)18-16-27/h3-18,20H,2,19,21-25H2,1H3. The van der Waals surface area contributed by atoms with Crippen molar-refractivity contribution in [3.8, 4) is 5.75 Å². The number of halogens is 1. The predicted octanol–water partition coefficient (Wildman–Crippen LogP) is 5.52. The van der Waals surface area contributed by atoms with Gasteiger partial charge in [-0.3, -0.25) is 9.59 Å². The minimum absolute atomic E-state index is 0.0314. The number of para-hydroxylation sites is 1. The van der Waals surface area contributed by atoms with E-state index in [0.717, 1.165) is 23.2 Å². The maximum atomic E-state index is 13.7. The predicted molar refractivity (Wildman–Crippen MR) is 149 cm³/mol. The zero-order valence-corrected chi connectivity index (χ0v) is 22.2. The van der Waals surface area contributed by atoms with Crippen LogP contribution in [0.2, 0.25) is 0 Å². The van der Waals surface area contributed by atoms with Gasteiger partial charge in [0.1, 0.15) is 11.6 Å². The van der Waals surface area contributed by atoms with E-state index < -0.39 is 0 Å². The molecule has 4 aromatic rings. The van der Waals surface area contributed by atoms with Crippen molar-refractivity contribution in [2.75, 3.05) is 19.7 Å². The largest absolute Gasteiger partial charge is 0.484 e. The molecule has 0 atom stereocenters. The number of hydrogen-bond donors (Lipinski definition) is 0. The monoisotopic (exact) mass is 527 g/mol. The zero-order valence-electron chi connectivity index (χ0n) is 22.2. The molecule has 0 aliphatic rings. The van der Waals surface area contributed by atoms with Crippen molar-refractivity contribution in [1.82, 2.24) is 14.4 Å². The summed E-state index contributed by atoms with van der Waals surface area (Å²) in [7, 11) is 0. The zero-order chi connectivity index (χ0) is 27.5. The Balaban J connectivity index is 1.48. The highest BCUT2D eigenvalue weighted by Crippen LogP contribution is 2.15. The summed E-state index contributed by atoms with van der Waals surface area (Å²) in [4.78, 5) is 30.1. The highest BCUT2D eigenvalue weighted by Gasteiger charge is 2.22. The Morgan fingerprint density at radius 3 is 2.15 bits per heavy atom. The molecule has 0 fully saturated rings. The Kier molecular flexibility index (Phi) is 9.89. The smallest absolute Gasteiger partial charge is 0.260 e. The van der Waals surface area contributed by atoms with Crippen molar-refractivity contribution in [3.63, 3.8) is 0 Å². The first-order valence-electron chi connectivity index (χ1n) is 13.2. The van der Waals surface area contributed by atoms with E-state index in [1.807, 2.05) is 73.8 Å². The van der Waals surface area contributed by atoms with Crippen molar-refractivity contribution in [1.29, 1.82) is 0 Å². The van der Waals surface area contributed by atoms with Crippen LogP contribution in [0.15, 0.2) is 103 Å². The topological polar surface area (TPSA) is 54.8 Å². The van der Waals surface area contributed by atoms with Gasteiger partial charge in [0.25, 0.3) is 5.91 Å². The Hall–Kier alpha value is -4.39. The first-order valence-corrected chi connectivity index (χ1v) is 13.2. The van der Waals surface area contributed by atoms with Gasteiger partial charge in [-0.05, 0) is 53.9 Å². The number of carbonyl (C=O) groups excluding carboxylic acids is 2. The summed E-state index contributed by atoms with van der Waals surface area (Å²) in [6, 6.07) is 29.3. The summed E-state index contributed by atoms with van der Waals surface area (Å²) in [5.74, 6) is -0.0315. The third-order valence-electron chi connectivity index (χ3n) is 6.39. The lowest BCUT2D eigenvalue weighted by atomic mass is 10.2. The van der Waals surface area contributed by atoms with Gasteiger partial charge in [-0.1, -0.05) is 67.6 Å². The van der Waals surface area contributed by atoms with Crippen molar-refractivity contribution in [2.24, 2.45) is 0 Å². The number of hydrogen-bond acceptors (Lipinski definition) is 3. The average Bonchev–Trinajstić information content (AvgIpc) is 3.39. The molecule has 6 nitrogen and oxygen atoms in total. The average molecular weight is 528 g/mol. The van der Waals surface area contributed by atoms with Crippen LogP contribution in [0.25, 0.3) is 0 Å². The lowest BCUT2D eigenvalue weighted by Crippen LogP contribution is -2.44. The molecule has 2 amide bonds. The molecule has 0 saturated heterocycles. The van der Waals surface area contributed by atoms with E-state index in [9.17, 15) is 14.0 Å². The number of nitrogens with zero attached hydrogens (tertiary/aromatic N) is 3. The van der Waals surface area contributed by atoms with Crippen LogP contribution < -0.4 is 4.74 Å². The number of aromatic nitrogens is 1. The molecule has 0 aliphatic carbocycles. The number of carbonyl (C=O) groups is 2. The van der Waals surface area contributed by atoms with Crippen molar-refractivity contribution in [3.05, 3.63) is 126 Å². The van der Waals surface area contributed by atoms with Gasteiger partial charge < -0.3 is 19.1 Å². The van der Waals surface area contributed by atoms with Gasteiger partial charge in [0.2, 0.25) is 5.91 Å². The number of benzene rings is 3. The van der Waals surface area contributed by atoms with Crippen LogP contribution in [0, 0.1) is 5.82 Å². The van der Waals surface area contributed by atoms with Crippen molar-refractivity contribution < 1.29 is 18.7 Å². The van der Waals surface area contributed by atoms with E-state index in [1.54, 1.807) is 34.1 Å². The quantitative estimate of drug-likeness (QED) is 0.230. The third-order valence-corrected chi connectivity index (χ3v) is 6.39. The summed E-state index contributed by atoms with van der Waals surface area (Å²) in [6.07, 6.45) is 2.68. The Bertz CT molecular complexity index is 1320. The molecule has 39 heavy (non-hydrogen) atoms. The van der Waals surface area contributed by atoms with Crippen LogP contribution in [-0.4, -0.2) is 45.9 Å². The molecule has 0 bridgehead atoms. The van der Waals surface area contributed by atoms with Crippen LogP contribution in [0.3, 0.4) is 0 Å². The van der Waals surface area contributed by atoms with Gasteiger partial charge in [-0.15, -0.1) is 0 Å². The van der Waals surface area contributed by atoms with Crippen LogP contribution in [-0.2, 0) is 29.2 Å². The van der Waals surface area contributed by atoms with Crippen LogP contribution in [0.4, 0.5) is 4.39 Å². The van der Waals surface area contributed by atoms with Gasteiger partial charge in [0.15, 0.2) is 6.61 Å². The summed E-state index contributed by atoms with van der Waals surface area (Å²) in [5, 5.41) is 0. The van der Waals surface area contributed by atoms with E-state index in [1.165, 1.54) is 12.1 Å². The Morgan fingerprint density at radius 2 is 1.46 bits per heavy atom. The molecule has 0 spiro atoms. The van der Waals surface area contributed by atoms with Gasteiger partial charge >= 0.3 is 0 Å². The van der Waals surface area contributed by atoms with Gasteiger partial charge in [-0.2, -0.15) is 0 Å². The van der Waals surface area contributed by atoms with Crippen molar-refractivity contribution in [2.45, 2.75) is 33.0 Å². The summed E-state index contributed by atoms with van der Waals surface area (Å²) < 4.78 is 21.1. The molecule has 3 aromatic carbocycles. The maximum absolute atomic E-state index is 13.7. The second-order valence-electron chi connectivity index (χ2n) is 9.41. The molecule has 0 radical (unpaired) electrons. The minimum atomic E-state index is -0.272. The lowest BCUT2D eigenvalue weighted by molar-refractivity contribution is -0.142. The number of amides is 2. The Morgan fingerprint density at radius 1 is 0.769 bits per heavy atom. The molecule has 202 valence electrons. The maximum Gasteiger partial charge on any atom is 0.260 e. The fraction of sp³-hybridized carbons (Fsp3) is 0.250. The second-order valence-corrected chi connectivity index (χ2v) is 9.41. The first-order chi connectivity index (χ1) is 19.0. The normalized spacial score (nSPS) is 10.7. The van der Waals surface area contributed by atoms with E-state index in [0.29, 0.717) is 31.9 Å². The molecular formula is C32H34FN3O3. The summed E-state index contributed by atoms with van der Waals surface area (Å²) in [5.41, 5.74) is 2.92. The fourth-order valence-electron chi connectivity index (χ4n) is 4.34. The number of rotatable bonds is 13. The summed E-state index contributed by atoms with van der Waals surface area (Å²) in [6.45, 7) is 3.63. The first kappa shape index (κ1) is 27.6. The van der Waals surface area contributed by atoms with Crippen LogP contribution in [0.5, 0.6) is 5.75 Å². The molecule has 0 saturated carbocycles. The highest BCUT2D eigenvalue weighted by molar-refractivity contribution is 5.85.